The summed E-state index contributed by atoms with van der Waals surface area (Å²) in [4.78, 5) is 0. The molecule has 0 aromatic rings. The molecule has 0 saturated carbocycles. The first kappa shape index (κ1) is 32.9. The maximum absolute atomic E-state index is 10.7. The molecule has 3 saturated heterocycles. The normalized spacial score (nSPS) is 47.3. The van der Waals surface area contributed by atoms with E-state index in [9.17, 15) is 51.1 Å². The number of ether oxygens (including phenoxy) is 5. The maximum atomic E-state index is 10.7. The average Bonchev–Trinajstić information content (AvgIpc) is 2.94. The van der Waals surface area contributed by atoms with Gasteiger partial charge in [0.2, 0.25) is 0 Å². The van der Waals surface area contributed by atoms with Gasteiger partial charge in [0.25, 0.3) is 0 Å². The zero-order chi connectivity index (χ0) is 28.9. The van der Waals surface area contributed by atoms with E-state index in [1.54, 1.807) is 6.92 Å². The van der Waals surface area contributed by atoms with Crippen LogP contribution < -0.4 is 0 Å². The van der Waals surface area contributed by atoms with Gasteiger partial charge in [0.15, 0.2) is 0 Å². The summed E-state index contributed by atoms with van der Waals surface area (Å²) in [6, 6.07) is 0. The van der Waals surface area contributed by atoms with Crippen LogP contribution in [0.15, 0.2) is 0 Å². The first-order chi connectivity index (χ1) is 18.6. The van der Waals surface area contributed by atoms with Gasteiger partial charge in [-0.05, 0) is 0 Å². The highest BCUT2D eigenvalue weighted by Crippen LogP contribution is 2.30. The van der Waals surface area contributed by atoms with Crippen LogP contribution in [-0.2, 0) is 23.7 Å². The smallest absolute Gasteiger partial charge is 0.110 e. The molecule has 3 rings (SSSR count). The minimum absolute atomic E-state index is 0.188. The lowest BCUT2D eigenvalue weighted by atomic mass is 9.86. The molecule has 0 radical (unpaired) electrons. The van der Waals surface area contributed by atoms with Gasteiger partial charge < -0.3 is 74.7 Å². The lowest BCUT2D eigenvalue weighted by molar-refractivity contribution is -0.246. The van der Waals surface area contributed by atoms with E-state index < -0.39 is 111 Å². The highest BCUT2D eigenvalue weighted by Gasteiger charge is 2.47. The van der Waals surface area contributed by atoms with Crippen LogP contribution in [0.4, 0.5) is 0 Å². The quantitative estimate of drug-likeness (QED) is 0.105. The molecule has 15 nitrogen and oxygen atoms in total. The molecule has 10 N–H and O–H groups in total. The third kappa shape index (κ3) is 7.43. The molecule has 0 amide bonds. The van der Waals surface area contributed by atoms with Crippen LogP contribution >= 0.6 is 0 Å². The van der Waals surface area contributed by atoms with Crippen LogP contribution in [0.25, 0.3) is 0 Å². The molecule has 15 atom stereocenters. The topological polar surface area (TPSA) is 248 Å². The molecule has 3 aliphatic rings. The van der Waals surface area contributed by atoms with Crippen molar-refractivity contribution in [3.8, 4) is 0 Å². The van der Waals surface area contributed by atoms with E-state index in [0.29, 0.717) is 0 Å². The van der Waals surface area contributed by atoms with Crippen LogP contribution in [0.1, 0.15) is 6.92 Å². The molecule has 39 heavy (non-hydrogen) atoms. The van der Waals surface area contributed by atoms with Gasteiger partial charge in [0.05, 0.1) is 89.5 Å². The van der Waals surface area contributed by atoms with Gasteiger partial charge in [-0.15, -0.1) is 0 Å². The van der Waals surface area contributed by atoms with E-state index >= 15 is 0 Å². The predicted octanol–water partition coefficient (Wildman–Crippen LogP) is -5.68. The van der Waals surface area contributed by atoms with Crippen molar-refractivity contribution in [2.45, 2.75) is 80.2 Å². The van der Waals surface area contributed by atoms with E-state index in [1.807, 2.05) is 0 Å². The van der Waals surface area contributed by atoms with E-state index in [-0.39, 0.29) is 33.0 Å². The van der Waals surface area contributed by atoms with Crippen LogP contribution in [-0.4, -0.2) is 177 Å². The first-order valence-corrected chi connectivity index (χ1v) is 13.2. The van der Waals surface area contributed by atoms with Crippen molar-refractivity contribution in [1.29, 1.82) is 0 Å². The van der Waals surface area contributed by atoms with E-state index in [0.717, 1.165) is 0 Å². The van der Waals surface area contributed by atoms with Gasteiger partial charge in [-0.2, -0.15) is 0 Å². The molecular weight excluding hydrogens is 528 g/mol. The van der Waals surface area contributed by atoms with Gasteiger partial charge in [-0.1, -0.05) is 6.92 Å². The summed E-state index contributed by atoms with van der Waals surface area (Å²) in [5.41, 5.74) is 0. The third-order valence-corrected chi connectivity index (χ3v) is 8.10. The van der Waals surface area contributed by atoms with Crippen molar-refractivity contribution in [2.75, 3.05) is 52.9 Å². The Kier molecular flexibility index (Phi) is 12.7. The zero-order valence-electron chi connectivity index (χ0n) is 21.8. The van der Waals surface area contributed by atoms with Gasteiger partial charge in [0, 0.05) is 17.8 Å². The molecule has 3 fully saturated rings. The predicted molar refractivity (Wildman–Crippen MR) is 128 cm³/mol. The Labute approximate surface area is 226 Å². The Balaban J connectivity index is 1.51. The lowest BCUT2D eigenvalue weighted by Crippen LogP contribution is -2.59. The Morgan fingerprint density at radius 1 is 0.436 bits per heavy atom. The molecule has 3 aliphatic heterocycles. The van der Waals surface area contributed by atoms with Crippen molar-refractivity contribution in [3.05, 3.63) is 0 Å². The molecule has 0 aromatic carbocycles. The minimum Gasteiger partial charge on any atom is -0.394 e. The molecule has 0 spiro atoms. The molecular formula is C24H44O15. The van der Waals surface area contributed by atoms with E-state index in [4.69, 9.17) is 23.7 Å². The van der Waals surface area contributed by atoms with Gasteiger partial charge in [-0.25, -0.2) is 0 Å². The highest BCUT2D eigenvalue weighted by atomic mass is 16.6. The third-order valence-electron chi connectivity index (χ3n) is 8.10. The number of aliphatic hydroxyl groups excluding tert-OH is 10. The Morgan fingerprint density at radius 3 is 1.23 bits per heavy atom. The summed E-state index contributed by atoms with van der Waals surface area (Å²) < 4.78 is 27.9. The SMILES string of the molecule is C[C@@H]1C(CO)O[C@H](COC[C@@H]2C(CO)O[C@H](COC[C@@H]3C(CO)O[C@H](CO)C(O)[C@@H]3O)C(O)[C@@H]2O)C(O)[C@@H]1O. The summed E-state index contributed by atoms with van der Waals surface area (Å²) in [6.07, 6.45) is -13.6. The van der Waals surface area contributed by atoms with Gasteiger partial charge >= 0.3 is 0 Å². The summed E-state index contributed by atoms with van der Waals surface area (Å²) in [7, 11) is 0. The fraction of sp³-hybridized carbons (Fsp3) is 1.00. The number of hydrogen-bond donors (Lipinski definition) is 10. The number of hydrogen-bond acceptors (Lipinski definition) is 15. The molecule has 0 bridgehead atoms. The van der Waals surface area contributed by atoms with Crippen molar-refractivity contribution in [1.82, 2.24) is 0 Å². The van der Waals surface area contributed by atoms with Crippen molar-refractivity contribution in [2.24, 2.45) is 17.8 Å². The molecule has 15 heteroatoms. The Hall–Kier alpha value is -0.600. The monoisotopic (exact) mass is 572 g/mol. The zero-order valence-corrected chi connectivity index (χ0v) is 21.8. The first-order valence-electron chi connectivity index (χ1n) is 13.2. The minimum atomic E-state index is -1.44. The fourth-order valence-electron chi connectivity index (χ4n) is 5.42. The molecule has 6 unspecified atom stereocenters. The molecule has 3 heterocycles. The largest absolute Gasteiger partial charge is 0.394 e. The van der Waals surface area contributed by atoms with Gasteiger partial charge in [-0.3, -0.25) is 0 Å². The van der Waals surface area contributed by atoms with E-state index in [2.05, 4.69) is 0 Å². The van der Waals surface area contributed by atoms with Crippen molar-refractivity contribution >= 4 is 0 Å². The second-order valence-corrected chi connectivity index (χ2v) is 10.6. The van der Waals surface area contributed by atoms with Crippen LogP contribution in [0.3, 0.4) is 0 Å². The summed E-state index contributed by atoms with van der Waals surface area (Å²) >= 11 is 0. The average molecular weight is 573 g/mol. The van der Waals surface area contributed by atoms with E-state index in [1.165, 1.54) is 0 Å². The molecule has 0 aromatic heterocycles. The lowest BCUT2D eigenvalue weighted by Gasteiger charge is -2.44. The highest BCUT2D eigenvalue weighted by molar-refractivity contribution is 4.94. The maximum Gasteiger partial charge on any atom is 0.110 e. The van der Waals surface area contributed by atoms with Crippen LogP contribution in [0, 0.1) is 17.8 Å². The molecule has 0 aliphatic carbocycles. The molecule has 230 valence electrons. The second kappa shape index (κ2) is 15.0. The fourth-order valence-corrected chi connectivity index (χ4v) is 5.42. The standard InChI is InChI=1S/C24H44O15/c1-10-13(2-25)37-17(23(33)19(10)29)8-35-7-12-15(4-27)39-18(24(34)21(12)31)9-36-6-11-14(3-26)38-16(5-28)22(32)20(11)30/h10-34H,2-9H2,1H3/t10-,11-,12-,13?,14?,15?,16-,17-,18-,19-,20-,21-,22?,23?,24?/m1/s1. The summed E-state index contributed by atoms with van der Waals surface area (Å²) in [6.45, 7) is -1.11. The van der Waals surface area contributed by atoms with Crippen molar-refractivity contribution < 1.29 is 74.7 Å². The van der Waals surface area contributed by atoms with Crippen LogP contribution in [0.5, 0.6) is 0 Å². The second-order valence-electron chi connectivity index (χ2n) is 10.6. The summed E-state index contributed by atoms with van der Waals surface area (Å²) in [5.74, 6) is -2.20. The van der Waals surface area contributed by atoms with Gasteiger partial charge in [0.1, 0.15) is 36.6 Å². The Bertz CT molecular complexity index is 711. The number of aliphatic hydroxyl groups is 10. The van der Waals surface area contributed by atoms with Crippen molar-refractivity contribution in [3.63, 3.8) is 0 Å². The number of rotatable bonds is 12. The Morgan fingerprint density at radius 2 is 0.795 bits per heavy atom. The summed E-state index contributed by atoms with van der Waals surface area (Å²) in [5, 5.41) is 100. The van der Waals surface area contributed by atoms with Crippen LogP contribution in [0.2, 0.25) is 0 Å².